The molecule has 1 heterocycles. The number of nitrogens with one attached hydrogen (secondary N) is 2. The molecule has 14 heavy (non-hydrogen) atoms. The first kappa shape index (κ1) is 11.2. The summed E-state index contributed by atoms with van der Waals surface area (Å²) in [5.41, 5.74) is 1.18. The van der Waals surface area contributed by atoms with Crippen LogP contribution in [0.4, 0.5) is 0 Å². The third kappa shape index (κ3) is 4.39. The van der Waals surface area contributed by atoms with Crippen molar-refractivity contribution in [2.24, 2.45) is 5.92 Å². The van der Waals surface area contributed by atoms with Gasteiger partial charge >= 0.3 is 0 Å². The largest absolute Gasteiger partial charge is 0.384 e. The number of ether oxygens (including phenoxy) is 1. The number of aromatic amines is 1. The quantitative estimate of drug-likeness (QED) is 0.636. The highest BCUT2D eigenvalue weighted by Gasteiger charge is 2.00. The molecule has 0 spiro atoms. The van der Waals surface area contributed by atoms with Crippen molar-refractivity contribution >= 4 is 0 Å². The minimum atomic E-state index is 0.571. The van der Waals surface area contributed by atoms with Crippen molar-refractivity contribution in [1.82, 2.24) is 15.3 Å². The number of hydrogen-bond acceptors (Lipinski definition) is 3. The molecule has 0 amide bonds. The lowest BCUT2D eigenvalue weighted by molar-refractivity contribution is 0.158. The van der Waals surface area contributed by atoms with Gasteiger partial charge in [-0.25, -0.2) is 4.98 Å². The SMILES string of the molecule is COCC(C)CNCCc1cnc[nH]1. The molecule has 80 valence electrons. The molecule has 0 saturated heterocycles. The van der Waals surface area contributed by atoms with E-state index in [1.54, 1.807) is 13.4 Å². The Bertz CT molecular complexity index is 223. The fourth-order valence-corrected chi connectivity index (χ4v) is 1.34. The van der Waals surface area contributed by atoms with Crippen LogP contribution in [0.25, 0.3) is 0 Å². The lowest BCUT2D eigenvalue weighted by Gasteiger charge is -2.10. The van der Waals surface area contributed by atoms with Gasteiger partial charge in [0, 0.05) is 38.6 Å². The number of methoxy groups -OCH3 is 1. The van der Waals surface area contributed by atoms with Crippen LogP contribution in [0.3, 0.4) is 0 Å². The monoisotopic (exact) mass is 197 g/mol. The normalized spacial score (nSPS) is 13.0. The maximum atomic E-state index is 5.05. The first-order valence-corrected chi connectivity index (χ1v) is 5.00. The summed E-state index contributed by atoms with van der Waals surface area (Å²) in [6.45, 7) is 4.97. The van der Waals surface area contributed by atoms with Crippen LogP contribution in [0.1, 0.15) is 12.6 Å². The summed E-state index contributed by atoms with van der Waals surface area (Å²) in [6.07, 6.45) is 4.57. The molecule has 1 rings (SSSR count). The Labute approximate surface area is 85.1 Å². The van der Waals surface area contributed by atoms with E-state index in [-0.39, 0.29) is 0 Å². The number of H-pyrrole nitrogens is 1. The Morgan fingerprint density at radius 1 is 1.64 bits per heavy atom. The van der Waals surface area contributed by atoms with Gasteiger partial charge in [0.05, 0.1) is 6.33 Å². The third-order valence-corrected chi connectivity index (χ3v) is 2.07. The van der Waals surface area contributed by atoms with Crippen LogP contribution in [0.2, 0.25) is 0 Å². The number of hydrogen-bond donors (Lipinski definition) is 2. The van der Waals surface area contributed by atoms with Crippen molar-refractivity contribution in [1.29, 1.82) is 0 Å². The first-order chi connectivity index (χ1) is 6.83. The van der Waals surface area contributed by atoms with Crippen molar-refractivity contribution in [3.8, 4) is 0 Å². The number of nitrogens with zero attached hydrogens (tertiary/aromatic N) is 1. The minimum absolute atomic E-state index is 0.571. The lowest BCUT2D eigenvalue weighted by Crippen LogP contribution is -2.25. The molecular weight excluding hydrogens is 178 g/mol. The summed E-state index contributed by atoms with van der Waals surface area (Å²) in [5.74, 6) is 0.571. The molecule has 1 aromatic heterocycles. The fourth-order valence-electron chi connectivity index (χ4n) is 1.34. The molecule has 1 unspecified atom stereocenters. The van der Waals surface area contributed by atoms with Crippen LogP contribution < -0.4 is 5.32 Å². The van der Waals surface area contributed by atoms with Gasteiger partial charge in [0.15, 0.2) is 0 Å². The predicted molar refractivity (Wildman–Crippen MR) is 56.2 cm³/mol. The molecule has 0 bridgehead atoms. The molecule has 0 aliphatic carbocycles. The van der Waals surface area contributed by atoms with Gasteiger partial charge in [-0.2, -0.15) is 0 Å². The van der Waals surface area contributed by atoms with Crippen LogP contribution in [0.15, 0.2) is 12.5 Å². The zero-order valence-electron chi connectivity index (χ0n) is 8.92. The highest BCUT2D eigenvalue weighted by molar-refractivity contribution is 4.94. The molecule has 0 aliphatic rings. The minimum Gasteiger partial charge on any atom is -0.384 e. The Balaban J connectivity index is 1.99. The molecule has 4 heteroatoms. The van der Waals surface area contributed by atoms with E-state index in [1.807, 2.05) is 6.20 Å². The van der Waals surface area contributed by atoms with Crippen molar-refractivity contribution in [3.63, 3.8) is 0 Å². The van der Waals surface area contributed by atoms with E-state index < -0.39 is 0 Å². The van der Waals surface area contributed by atoms with Gasteiger partial charge < -0.3 is 15.0 Å². The molecule has 0 saturated carbocycles. The second-order valence-corrected chi connectivity index (χ2v) is 3.59. The van der Waals surface area contributed by atoms with Gasteiger partial charge in [0.2, 0.25) is 0 Å². The second-order valence-electron chi connectivity index (χ2n) is 3.59. The van der Waals surface area contributed by atoms with E-state index in [2.05, 4.69) is 22.2 Å². The number of imidazole rings is 1. The smallest absolute Gasteiger partial charge is 0.0921 e. The molecule has 4 nitrogen and oxygen atoms in total. The zero-order chi connectivity index (χ0) is 10.2. The van der Waals surface area contributed by atoms with Gasteiger partial charge in [-0.05, 0) is 12.5 Å². The van der Waals surface area contributed by atoms with Crippen LogP contribution in [-0.4, -0.2) is 36.8 Å². The van der Waals surface area contributed by atoms with E-state index in [4.69, 9.17) is 4.74 Å². The average molecular weight is 197 g/mol. The lowest BCUT2D eigenvalue weighted by atomic mass is 10.2. The maximum Gasteiger partial charge on any atom is 0.0921 e. The molecule has 0 aliphatic heterocycles. The zero-order valence-corrected chi connectivity index (χ0v) is 8.92. The molecule has 2 N–H and O–H groups in total. The molecule has 0 radical (unpaired) electrons. The average Bonchev–Trinajstić information content (AvgIpc) is 2.65. The van der Waals surface area contributed by atoms with Crippen molar-refractivity contribution in [3.05, 3.63) is 18.2 Å². The fraction of sp³-hybridized carbons (Fsp3) is 0.700. The summed E-state index contributed by atoms with van der Waals surface area (Å²) in [6, 6.07) is 0. The van der Waals surface area contributed by atoms with Crippen molar-refractivity contribution < 1.29 is 4.74 Å². The van der Waals surface area contributed by atoms with Crippen molar-refractivity contribution in [2.45, 2.75) is 13.3 Å². The standard InChI is InChI=1S/C10H19N3O/c1-9(7-14-2)5-11-4-3-10-6-12-8-13-10/h6,8-9,11H,3-5,7H2,1-2H3,(H,12,13). The molecular formula is C10H19N3O. The first-order valence-electron chi connectivity index (χ1n) is 5.00. The third-order valence-electron chi connectivity index (χ3n) is 2.07. The van der Waals surface area contributed by atoms with Gasteiger partial charge in [0.1, 0.15) is 0 Å². The van der Waals surface area contributed by atoms with E-state index in [1.165, 1.54) is 5.69 Å². The Morgan fingerprint density at radius 3 is 3.14 bits per heavy atom. The maximum absolute atomic E-state index is 5.05. The van der Waals surface area contributed by atoms with Crippen LogP contribution in [-0.2, 0) is 11.2 Å². The summed E-state index contributed by atoms with van der Waals surface area (Å²) < 4.78 is 5.05. The van der Waals surface area contributed by atoms with Gasteiger partial charge in [-0.15, -0.1) is 0 Å². The highest BCUT2D eigenvalue weighted by Crippen LogP contribution is 1.93. The Kier molecular flexibility index (Phi) is 5.25. The van der Waals surface area contributed by atoms with Crippen LogP contribution >= 0.6 is 0 Å². The number of rotatable bonds is 7. The number of aromatic nitrogens is 2. The molecule has 1 aromatic rings. The van der Waals surface area contributed by atoms with Crippen LogP contribution in [0.5, 0.6) is 0 Å². The van der Waals surface area contributed by atoms with E-state index in [9.17, 15) is 0 Å². The summed E-state index contributed by atoms with van der Waals surface area (Å²) >= 11 is 0. The summed E-state index contributed by atoms with van der Waals surface area (Å²) in [5, 5.41) is 3.38. The Hall–Kier alpha value is -0.870. The molecule has 1 atom stereocenters. The molecule has 0 fully saturated rings. The summed E-state index contributed by atoms with van der Waals surface area (Å²) in [4.78, 5) is 7.04. The Morgan fingerprint density at radius 2 is 2.50 bits per heavy atom. The van der Waals surface area contributed by atoms with Gasteiger partial charge in [0.25, 0.3) is 0 Å². The van der Waals surface area contributed by atoms with E-state index in [0.29, 0.717) is 5.92 Å². The highest BCUT2D eigenvalue weighted by atomic mass is 16.5. The molecule has 0 aromatic carbocycles. The van der Waals surface area contributed by atoms with Crippen molar-refractivity contribution in [2.75, 3.05) is 26.8 Å². The van der Waals surface area contributed by atoms with Gasteiger partial charge in [-0.1, -0.05) is 6.92 Å². The topological polar surface area (TPSA) is 49.9 Å². The van der Waals surface area contributed by atoms with E-state index in [0.717, 1.165) is 26.1 Å². The van der Waals surface area contributed by atoms with Crippen LogP contribution in [0, 0.1) is 5.92 Å². The van der Waals surface area contributed by atoms with Gasteiger partial charge in [-0.3, -0.25) is 0 Å². The predicted octanol–water partition coefficient (Wildman–Crippen LogP) is 0.824. The second kappa shape index (κ2) is 6.56. The van der Waals surface area contributed by atoms with E-state index >= 15 is 0 Å². The summed E-state index contributed by atoms with van der Waals surface area (Å²) in [7, 11) is 1.74.